The standard InChI is InChI=1S/C15H18ClN5O2/c1-17-13(9-7-19-21(3)8-9)15(23)20-10-4-5-11(12(16)6-10)14(22)18-2/h4-8,13,17H,1-3H3,(H,18,22)(H,20,23). The lowest BCUT2D eigenvalue weighted by Crippen LogP contribution is -2.30. The van der Waals surface area contributed by atoms with Crippen LogP contribution < -0.4 is 16.0 Å². The fourth-order valence-electron chi connectivity index (χ4n) is 2.16. The van der Waals surface area contributed by atoms with E-state index in [1.165, 1.54) is 7.05 Å². The monoisotopic (exact) mass is 335 g/mol. The minimum absolute atomic E-state index is 0.246. The number of carbonyl (C=O) groups excluding carboxylic acids is 2. The zero-order valence-corrected chi connectivity index (χ0v) is 13.8. The Balaban J connectivity index is 2.16. The lowest BCUT2D eigenvalue weighted by atomic mass is 10.1. The number of nitrogens with zero attached hydrogens (tertiary/aromatic N) is 2. The molecule has 0 aliphatic heterocycles. The van der Waals surface area contributed by atoms with Crippen molar-refractivity contribution in [1.29, 1.82) is 0 Å². The van der Waals surface area contributed by atoms with Gasteiger partial charge in [0, 0.05) is 31.5 Å². The zero-order chi connectivity index (χ0) is 17.0. The molecule has 1 aromatic heterocycles. The number of nitrogens with one attached hydrogen (secondary N) is 3. The number of likely N-dealkylation sites (N-methyl/N-ethyl adjacent to an activating group) is 1. The van der Waals surface area contributed by atoms with Crippen LogP contribution in [0, 0.1) is 0 Å². The maximum absolute atomic E-state index is 12.4. The van der Waals surface area contributed by atoms with Crippen molar-refractivity contribution in [2.45, 2.75) is 6.04 Å². The van der Waals surface area contributed by atoms with E-state index >= 15 is 0 Å². The smallest absolute Gasteiger partial charge is 0.252 e. The minimum Gasteiger partial charge on any atom is -0.355 e. The van der Waals surface area contributed by atoms with E-state index in [2.05, 4.69) is 21.0 Å². The summed E-state index contributed by atoms with van der Waals surface area (Å²) in [6, 6.07) is 4.20. The first-order chi connectivity index (χ1) is 11.0. The molecule has 0 saturated heterocycles. The number of benzene rings is 1. The molecule has 0 aliphatic carbocycles. The molecule has 1 atom stereocenters. The van der Waals surface area contributed by atoms with Crippen molar-refractivity contribution in [3.8, 4) is 0 Å². The Bertz CT molecular complexity index is 728. The summed E-state index contributed by atoms with van der Waals surface area (Å²) >= 11 is 6.08. The number of amides is 2. The van der Waals surface area contributed by atoms with Crippen LogP contribution in [0.2, 0.25) is 5.02 Å². The van der Waals surface area contributed by atoms with E-state index in [4.69, 9.17) is 11.6 Å². The van der Waals surface area contributed by atoms with Crippen LogP contribution in [0.15, 0.2) is 30.6 Å². The van der Waals surface area contributed by atoms with Crippen LogP contribution >= 0.6 is 11.6 Å². The van der Waals surface area contributed by atoms with Gasteiger partial charge in [0.15, 0.2) is 0 Å². The Hall–Kier alpha value is -2.38. The molecular formula is C15H18ClN5O2. The average Bonchev–Trinajstić information content (AvgIpc) is 2.93. The van der Waals surface area contributed by atoms with Crippen LogP contribution in [0.5, 0.6) is 0 Å². The number of halogens is 1. The van der Waals surface area contributed by atoms with E-state index in [0.29, 0.717) is 11.3 Å². The molecule has 0 aliphatic rings. The SMILES string of the molecule is CNC(=O)c1ccc(NC(=O)C(NC)c2cnn(C)c2)cc1Cl. The van der Waals surface area contributed by atoms with E-state index in [-0.39, 0.29) is 16.8 Å². The molecule has 2 rings (SSSR count). The zero-order valence-electron chi connectivity index (χ0n) is 13.1. The first-order valence-corrected chi connectivity index (χ1v) is 7.32. The van der Waals surface area contributed by atoms with E-state index < -0.39 is 6.04 Å². The fraction of sp³-hybridized carbons (Fsp3) is 0.267. The van der Waals surface area contributed by atoms with Crippen LogP contribution in [0.1, 0.15) is 22.0 Å². The quantitative estimate of drug-likeness (QED) is 0.769. The molecule has 1 unspecified atom stereocenters. The number of hydrogen-bond acceptors (Lipinski definition) is 4. The second kappa shape index (κ2) is 7.26. The predicted octanol–water partition coefficient (Wildman–Crippen LogP) is 1.33. The maximum Gasteiger partial charge on any atom is 0.252 e. The number of hydrogen-bond donors (Lipinski definition) is 3. The highest BCUT2D eigenvalue weighted by Gasteiger charge is 2.20. The van der Waals surface area contributed by atoms with Crippen LogP contribution in [0.3, 0.4) is 0 Å². The summed E-state index contributed by atoms with van der Waals surface area (Å²) in [7, 11) is 5.00. The molecule has 2 aromatic rings. The summed E-state index contributed by atoms with van der Waals surface area (Å²) in [4.78, 5) is 24.0. The van der Waals surface area contributed by atoms with Gasteiger partial charge in [0.1, 0.15) is 6.04 Å². The van der Waals surface area contributed by atoms with Gasteiger partial charge in [-0.05, 0) is 25.2 Å². The summed E-state index contributed by atoms with van der Waals surface area (Å²) in [5, 5.41) is 12.5. The summed E-state index contributed by atoms with van der Waals surface area (Å²) in [5.74, 6) is -0.527. The molecule has 0 saturated carbocycles. The Kier molecular flexibility index (Phi) is 5.36. The van der Waals surface area contributed by atoms with Crippen molar-refractivity contribution in [3.05, 3.63) is 46.7 Å². The van der Waals surface area contributed by atoms with Crippen molar-refractivity contribution < 1.29 is 9.59 Å². The van der Waals surface area contributed by atoms with E-state index in [1.807, 2.05) is 0 Å². The third kappa shape index (κ3) is 3.88. The molecule has 0 bridgehead atoms. The van der Waals surface area contributed by atoms with Gasteiger partial charge in [-0.25, -0.2) is 0 Å². The van der Waals surface area contributed by atoms with Gasteiger partial charge in [-0.3, -0.25) is 14.3 Å². The Morgan fingerprint density at radius 1 is 1.30 bits per heavy atom. The van der Waals surface area contributed by atoms with Crippen LogP contribution in [-0.2, 0) is 11.8 Å². The number of aryl methyl sites for hydroxylation is 1. The number of rotatable bonds is 5. The van der Waals surface area contributed by atoms with Crippen molar-refractivity contribution >= 4 is 29.1 Å². The first kappa shape index (κ1) is 17.0. The molecule has 0 radical (unpaired) electrons. The summed E-state index contributed by atoms with van der Waals surface area (Å²) in [6.07, 6.45) is 3.39. The van der Waals surface area contributed by atoms with Crippen LogP contribution in [0.4, 0.5) is 5.69 Å². The van der Waals surface area contributed by atoms with Gasteiger partial charge in [-0.15, -0.1) is 0 Å². The van der Waals surface area contributed by atoms with Gasteiger partial charge in [0.25, 0.3) is 5.91 Å². The maximum atomic E-state index is 12.4. The lowest BCUT2D eigenvalue weighted by molar-refractivity contribution is -0.118. The highest BCUT2D eigenvalue weighted by atomic mass is 35.5. The van der Waals surface area contributed by atoms with Crippen molar-refractivity contribution in [3.63, 3.8) is 0 Å². The topological polar surface area (TPSA) is 88.1 Å². The van der Waals surface area contributed by atoms with Gasteiger partial charge in [0.2, 0.25) is 5.91 Å². The van der Waals surface area contributed by atoms with Gasteiger partial charge in [-0.1, -0.05) is 11.6 Å². The van der Waals surface area contributed by atoms with Crippen molar-refractivity contribution in [2.24, 2.45) is 7.05 Å². The Morgan fingerprint density at radius 2 is 2.04 bits per heavy atom. The Labute approximate surface area is 139 Å². The highest BCUT2D eigenvalue weighted by molar-refractivity contribution is 6.34. The summed E-state index contributed by atoms with van der Waals surface area (Å²) in [5.41, 5.74) is 1.61. The Morgan fingerprint density at radius 3 is 2.57 bits per heavy atom. The summed E-state index contributed by atoms with van der Waals surface area (Å²) in [6.45, 7) is 0. The average molecular weight is 336 g/mol. The summed E-state index contributed by atoms with van der Waals surface area (Å²) < 4.78 is 1.63. The molecule has 7 nitrogen and oxygen atoms in total. The van der Waals surface area contributed by atoms with E-state index in [0.717, 1.165) is 5.56 Å². The molecule has 23 heavy (non-hydrogen) atoms. The van der Waals surface area contributed by atoms with Gasteiger partial charge in [0.05, 0.1) is 16.8 Å². The van der Waals surface area contributed by atoms with Gasteiger partial charge >= 0.3 is 0 Å². The highest BCUT2D eigenvalue weighted by Crippen LogP contribution is 2.22. The van der Waals surface area contributed by atoms with E-state index in [1.54, 1.807) is 49.4 Å². The second-order valence-electron chi connectivity index (χ2n) is 4.93. The number of anilines is 1. The predicted molar refractivity (Wildman–Crippen MR) is 88.5 cm³/mol. The third-order valence-corrected chi connectivity index (χ3v) is 3.63. The first-order valence-electron chi connectivity index (χ1n) is 6.94. The molecule has 3 N–H and O–H groups in total. The third-order valence-electron chi connectivity index (χ3n) is 3.32. The number of carbonyl (C=O) groups is 2. The van der Waals surface area contributed by atoms with Crippen molar-refractivity contribution in [1.82, 2.24) is 20.4 Å². The minimum atomic E-state index is -0.541. The molecule has 1 aromatic carbocycles. The molecule has 2 amide bonds. The fourth-order valence-corrected chi connectivity index (χ4v) is 2.43. The number of aromatic nitrogens is 2. The van der Waals surface area contributed by atoms with Crippen LogP contribution in [-0.4, -0.2) is 35.7 Å². The molecule has 1 heterocycles. The molecule has 8 heteroatoms. The van der Waals surface area contributed by atoms with Crippen molar-refractivity contribution in [2.75, 3.05) is 19.4 Å². The lowest BCUT2D eigenvalue weighted by Gasteiger charge is -2.15. The second-order valence-corrected chi connectivity index (χ2v) is 5.34. The van der Waals surface area contributed by atoms with E-state index in [9.17, 15) is 9.59 Å². The largest absolute Gasteiger partial charge is 0.355 e. The van der Waals surface area contributed by atoms with Gasteiger partial charge in [-0.2, -0.15) is 5.10 Å². The molecule has 0 spiro atoms. The molecular weight excluding hydrogens is 318 g/mol. The van der Waals surface area contributed by atoms with Gasteiger partial charge < -0.3 is 16.0 Å². The van der Waals surface area contributed by atoms with Crippen LogP contribution in [0.25, 0.3) is 0 Å². The molecule has 122 valence electrons. The molecule has 0 fully saturated rings. The normalized spacial score (nSPS) is 11.8.